The Balaban J connectivity index is 1.74. The Bertz CT molecular complexity index is 452. The number of amides is 1. The topological polar surface area (TPSA) is 88.0 Å². The lowest BCUT2D eigenvalue weighted by atomic mass is 9.87. The lowest BCUT2D eigenvalue weighted by Gasteiger charge is -2.07. The van der Waals surface area contributed by atoms with Crippen LogP contribution in [0.4, 0.5) is 4.79 Å². The van der Waals surface area contributed by atoms with Gasteiger partial charge in [0.25, 0.3) is 0 Å². The SMILES string of the molecule is O=C(NCCB(O)O)OCc1ccc2c(c1)COC2. The fourth-order valence-corrected chi connectivity index (χ4v) is 1.82. The van der Waals surface area contributed by atoms with Crippen molar-refractivity contribution < 1.29 is 24.3 Å². The summed E-state index contributed by atoms with van der Waals surface area (Å²) in [7, 11) is -1.42. The van der Waals surface area contributed by atoms with E-state index in [0.717, 1.165) is 11.1 Å². The molecule has 0 spiro atoms. The van der Waals surface area contributed by atoms with E-state index in [1.807, 2.05) is 18.2 Å². The molecule has 6 nitrogen and oxygen atoms in total. The van der Waals surface area contributed by atoms with Crippen molar-refractivity contribution in [2.75, 3.05) is 6.54 Å². The summed E-state index contributed by atoms with van der Waals surface area (Å²) in [5, 5.41) is 19.7. The Morgan fingerprint density at radius 2 is 2.16 bits per heavy atom. The monoisotopic (exact) mass is 265 g/mol. The van der Waals surface area contributed by atoms with Crippen molar-refractivity contribution in [1.82, 2.24) is 5.32 Å². The van der Waals surface area contributed by atoms with Gasteiger partial charge in [0.15, 0.2) is 0 Å². The smallest absolute Gasteiger partial charge is 0.445 e. The van der Waals surface area contributed by atoms with E-state index in [-0.39, 0.29) is 19.5 Å². The van der Waals surface area contributed by atoms with E-state index in [9.17, 15) is 4.79 Å². The Labute approximate surface area is 111 Å². The zero-order chi connectivity index (χ0) is 13.7. The van der Waals surface area contributed by atoms with Crippen molar-refractivity contribution in [3.63, 3.8) is 0 Å². The summed E-state index contributed by atoms with van der Waals surface area (Å²) in [4.78, 5) is 11.3. The highest BCUT2D eigenvalue weighted by Gasteiger charge is 2.12. The maximum Gasteiger partial charge on any atom is 0.453 e. The van der Waals surface area contributed by atoms with E-state index in [4.69, 9.17) is 19.5 Å². The second-order valence-corrected chi connectivity index (χ2v) is 4.37. The predicted octanol–water partition coefficient (Wildman–Crippen LogP) is 0.416. The maximum absolute atomic E-state index is 11.3. The molecule has 1 heterocycles. The van der Waals surface area contributed by atoms with Gasteiger partial charge >= 0.3 is 13.2 Å². The molecule has 0 aliphatic carbocycles. The number of carbonyl (C=O) groups excluding carboxylic acids is 1. The first-order valence-corrected chi connectivity index (χ1v) is 6.10. The van der Waals surface area contributed by atoms with Crippen LogP contribution in [0.3, 0.4) is 0 Å². The van der Waals surface area contributed by atoms with Gasteiger partial charge in [-0.3, -0.25) is 0 Å². The third-order valence-electron chi connectivity index (χ3n) is 2.83. The fourth-order valence-electron chi connectivity index (χ4n) is 1.82. The van der Waals surface area contributed by atoms with Gasteiger partial charge < -0.3 is 24.8 Å². The molecule has 19 heavy (non-hydrogen) atoms. The number of alkyl carbamates (subject to hydrolysis) is 1. The van der Waals surface area contributed by atoms with Crippen molar-refractivity contribution in [1.29, 1.82) is 0 Å². The molecule has 0 atom stereocenters. The molecule has 1 aromatic carbocycles. The molecule has 102 valence electrons. The van der Waals surface area contributed by atoms with Gasteiger partial charge in [-0.15, -0.1) is 0 Å². The minimum atomic E-state index is -1.42. The van der Waals surface area contributed by atoms with Crippen molar-refractivity contribution in [2.24, 2.45) is 0 Å². The highest BCUT2D eigenvalue weighted by Crippen LogP contribution is 2.21. The molecule has 0 radical (unpaired) electrons. The van der Waals surface area contributed by atoms with Gasteiger partial charge in [0.1, 0.15) is 6.61 Å². The van der Waals surface area contributed by atoms with Crippen molar-refractivity contribution in [2.45, 2.75) is 26.1 Å². The van der Waals surface area contributed by atoms with Crippen LogP contribution < -0.4 is 5.32 Å². The number of benzene rings is 1. The molecular weight excluding hydrogens is 249 g/mol. The Kier molecular flexibility index (Phi) is 4.78. The summed E-state index contributed by atoms with van der Waals surface area (Å²) in [6, 6.07) is 5.84. The molecule has 1 aliphatic heterocycles. The third kappa shape index (κ3) is 4.24. The molecule has 3 N–H and O–H groups in total. The number of rotatable bonds is 5. The van der Waals surface area contributed by atoms with E-state index in [0.29, 0.717) is 13.2 Å². The summed E-state index contributed by atoms with van der Waals surface area (Å²) < 4.78 is 10.3. The zero-order valence-electron chi connectivity index (χ0n) is 10.5. The Hall–Kier alpha value is -1.57. The minimum Gasteiger partial charge on any atom is -0.445 e. The molecule has 0 aromatic heterocycles. The van der Waals surface area contributed by atoms with E-state index in [2.05, 4.69) is 5.32 Å². The molecule has 2 rings (SSSR count). The summed E-state index contributed by atoms with van der Waals surface area (Å²) in [6.07, 6.45) is -0.497. The molecule has 0 saturated carbocycles. The highest BCUT2D eigenvalue weighted by atomic mass is 16.5. The second-order valence-electron chi connectivity index (χ2n) is 4.37. The number of hydrogen-bond donors (Lipinski definition) is 3. The summed E-state index contributed by atoms with van der Waals surface area (Å²) >= 11 is 0. The molecular formula is C12H16BNO5. The first-order valence-electron chi connectivity index (χ1n) is 6.10. The largest absolute Gasteiger partial charge is 0.453 e. The molecule has 1 amide bonds. The van der Waals surface area contributed by atoms with Crippen LogP contribution in [0.25, 0.3) is 0 Å². The number of hydrogen-bond acceptors (Lipinski definition) is 5. The standard InChI is InChI=1S/C12H16BNO5/c15-12(14-4-3-13(16)17)19-6-9-1-2-10-7-18-8-11(10)5-9/h1-2,5,16-17H,3-4,6-8H2,(H,14,15). The summed E-state index contributed by atoms with van der Waals surface area (Å²) in [6.45, 7) is 1.58. The fraction of sp³-hybridized carbons (Fsp3) is 0.417. The molecule has 7 heteroatoms. The summed E-state index contributed by atoms with van der Waals surface area (Å²) in [5.41, 5.74) is 3.21. The van der Waals surface area contributed by atoms with E-state index in [1.54, 1.807) is 0 Å². The van der Waals surface area contributed by atoms with Crippen LogP contribution in [-0.2, 0) is 29.3 Å². The van der Waals surface area contributed by atoms with Gasteiger partial charge in [-0.2, -0.15) is 0 Å². The predicted molar refractivity (Wildman–Crippen MR) is 68.1 cm³/mol. The zero-order valence-corrected chi connectivity index (χ0v) is 10.5. The lowest BCUT2D eigenvalue weighted by Crippen LogP contribution is -2.28. The van der Waals surface area contributed by atoms with Crippen LogP contribution >= 0.6 is 0 Å². The average molecular weight is 265 g/mol. The maximum atomic E-state index is 11.3. The number of ether oxygens (including phenoxy) is 2. The Morgan fingerprint density at radius 3 is 2.95 bits per heavy atom. The van der Waals surface area contributed by atoms with Crippen LogP contribution in [-0.4, -0.2) is 29.8 Å². The number of fused-ring (bicyclic) bond motifs is 1. The Morgan fingerprint density at radius 1 is 1.37 bits per heavy atom. The van der Waals surface area contributed by atoms with Gasteiger partial charge in [-0.05, 0) is 29.1 Å². The van der Waals surface area contributed by atoms with Gasteiger partial charge in [0.05, 0.1) is 13.2 Å². The van der Waals surface area contributed by atoms with Gasteiger partial charge in [0.2, 0.25) is 0 Å². The molecule has 1 aromatic rings. The molecule has 0 bridgehead atoms. The second kappa shape index (κ2) is 6.56. The van der Waals surface area contributed by atoms with E-state index < -0.39 is 13.2 Å². The molecule has 0 saturated heterocycles. The van der Waals surface area contributed by atoms with Crippen molar-refractivity contribution in [3.8, 4) is 0 Å². The minimum absolute atomic E-state index is 0.0747. The quantitative estimate of drug-likeness (QED) is 0.671. The van der Waals surface area contributed by atoms with E-state index >= 15 is 0 Å². The first kappa shape index (κ1) is 13.9. The lowest BCUT2D eigenvalue weighted by molar-refractivity contribution is 0.134. The van der Waals surface area contributed by atoms with Crippen molar-refractivity contribution >= 4 is 13.2 Å². The normalized spacial score (nSPS) is 12.9. The molecule has 0 unspecified atom stereocenters. The van der Waals surface area contributed by atoms with Crippen LogP contribution in [0.5, 0.6) is 0 Å². The molecule has 0 fully saturated rings. The molecule has 1 aliphatic rings. The van der Waals surface area contributed by atoms with Crippen molar-refractivity contribution in [3.05, 3.63) is 34.9 Å². The van der Waals surface area contributed by atoms with Crippen LogP contribution in [0.1, 0.15) is 16.7 Å². The van der Waals surface area contributed by atoms with Crippen LogP contribution in [0, 0.1) is 0 Å². The third-order valence-corrected chi connectivity index (χ3v) is 2.83. The number of carbonyl (C=O) groups is 1. The number of nitrogens with one attached hydrogen (secondary N) is 1. The van der Waals surface area contributed by atoms with Gasteiger partial charge in [-0.1, -0.05) is 12.1 Å². The van der Waals surface area contributed by atoms with Gasteiger partial charge in [0, 0.05) is 6.54 Å². The van der Waals surface area contributed by atoms with Crippen LogP contribution in [0.2, 0.25) is 6.32 Å². The van der Waals surface area contributed by atoms with Gasteiger partial charge in [-0.25, -0.2) is 4.79 Å². The summed E-state index contributed by atoms with van der Waals surface area (Å²) in [5.74, 6) is 0. The highest BCUT2D eigenvalue weighted by molar-refractivity contribution is 6.41. The van der Waals surface area contributed by atoms with Crippen LogP contribution in [0.15, 0.2) is 18.2 Å². The average Bonchev–Trinajstić information content (AvgIpc) is 2.83. The van der Waals surface area contributed by atoms with E-state index in [1.165, 1.54) is 5.56 Å². The first-order chi connectivity index (χ1) is 9.15.